The van der Waals surface area contributed by atoms with Gasteiger partial charge in [-0.05, 0) is 62.6 Å². The van der Waals surface area contributed by atoms with Crippen LogP contribution < -0.4 is 10.9 Å². The lowest BCUT2D eigenvalue weighted by Crippen LogP contribution is -2.34. The Morgan fingerprint density at radius 2 is 1.88 bits per heavy atom. The van der Waals surface area contributed by atoms with E-state index >= 15 is 0 Å². The van der Waals surface area contributed by atoms with E-state index < -0.39 is 5.63 Å². The maximum Gasteiger partial charge on any atom is 0.349 e. The van der Waals surface area contributed by atoms with Crippen molar-refractivity contribution in [2.24, 2.45) is 11.8 Å². The van der Waals surface area contributed by atoms with Gasteiger partial charge in [0, 0.05) is 25.6 Å². The average molecular weight is 344 g/mol. The molecule has 5 heteroatoms. The van der Waals surface area contributed by atoms with Crippen LogP contribution in [0.1, 0.15) is 66.1 Å². The molecular formula is C20H28N2O3. The van der Waals surface area contributed by atoms with E-state index in [1.54, 1.807) is 0 Å². The summed E-state index contributed by atoms with van der Waals surface area (Å²) in [7, 11) is 0. The zero-order valence-corrected chi connectivity index (χ0v) is 15.1. The van der Waals surface area contributed by atoms with Crippen molar-refractivity contribution in [1.82, 2.24) is 10.2 Å². The van der Waals surface area contributed by atoms with Gasteiger partial charge in [0.2, 0.25) is 0 Å². The molecule has 2 aliphatic heterocycles. The summed E-state index contributed by atoms with van der Waals surface area (Å²) < 4.78 is 5.59. The predicted molar refractivity (Wildman–Crippen MR) is 95.9 cm³/mol. The van der Waals surface area contributed by atoms with Crippen LogP contribution in [0.15, 0.2) is 15.3 Å². The smallest absolute Gasteiger partial charge is 0.349 e. The monoisotopic (exact) mass is 344 g/mol. The van der Waals surface area contributed by atoms with Gasteiger partial charge >= 0.3 is 5.63 Å². The lowest BCUT2D eigenvalue weighted by molar-refractivity contribution is 0.0778. The van der Waals surface area contributed by atoms with Crippen molar-refractivity contribution in [2.45, 2.75) is 51.4 Å². The highest BCUT2D eigenvalue weighted by molar-refractivity contribution is 5.95. The number of likely N-dealkylation sites (tertiary alicyclic amines) is 1. The largest absolute Gasteiger partial charge is 0.427 e. The Hall–Kier alpha value is -1.62. The van der Waals surface area contributed by atoms with Crippen LogP contribution in [0.4, 0.5) is 0 Å². The Morgan fingerprint density at radius 3 is 2.48 bits per heavy atom. The Labute approximate surface area is 148 Å². The van der Waals surface area contributed by atoms with E-state index in [0.29, 0.717) is 11.8 Å². The third-order valence-electron chi connectivity index (χ3n) is 6.34. The van der Waals surface area contributed by atoms with Crippen LogP contribution in [0.3, 0.4) is 0 Å². The van der Waals surface area contributed by atoms with Gasteiger partial charge in [-0.1, -0.05) is 12.8 Å². The topological polar surface area (TPSA) is 62.6 Å². The highest BCUT2D eigenvalue weighted by Crippen LogP contribution is 2.36. The van der Waals surface area contributed by atoms with Crippen LogP contribution >= 0.6 is 0 Å². The Bertz CT molecular complexity index is 691. The third kappa shape index (κ3) is 3.26. The minimum atomic E-state index is -0.458. The molecule has 2 saturated heterocycles. The standard InChI is InChI=1S/C20H28N2O3/c1-13-9-17(14-7-4-8-21-10-14)25-20(24)18(13)19(23)22-11-15-5-2-3-6-16(15)12-22/h9,14-16,21H,2-8,10-12H2,1H3/t14?,15-,16+. The molecule has 0 spiro atoms. The Balaban J connectivity index is 1.55. The van der Waals surface area contributed by atoms with E-state index in [-0.39, 0.29) is 17.4 Å². The molecule has 1 saturated carbocycles. The molecular weight excluding hydrogens is 316 g/mol. The second-order valence-electron chi connectivity index (χ2n) is 8.05. The summed E-state index contributed by atoms with van der Waals surface area (Å²) >= 11 is 0. The first-order chi connectivity index (χ1) is 12.1. The Morgan fingerprint density at radius 1 is 1.16 bits per heavy atom. The average Bonchev–Trinajstić information content (AvgIpc) is 3.06. The highest BCUT2D eigenvalue weighted by atomic mass is 16.4. The summed E-state index contributed by atoms with van der Waals surface area (Å²) in [5.41, 5.74) is 0.545. The van der Waals surface area contributed by atoms with Crippen LogP contribution in [0.25, 0.3) is 0 Å². The van der Waals surface area contributed by atoms with Gasteiger partial charge in [0.15, 0.2) is 0 Å². The number of carbonyl (C=O) groups is 1. The fourth-order valence-corrected chi connectivity index (χ4v) is 4.92. The lowest BCUT2D eigenvalue weighted by Gasteiger charge is -2.22. The number of hydrogen-bond acceptors (Lipinski definition) is 4. The molecule has 0 radical (unpaired) electrons. The first-order valence-corrected chi connectivity index (χ1v) is 9.78. The number of aryl methyl sites for hydroxylation is 1. The zero-order valence-electron chi connectivity index (χ0n) is 15.1. The van der Waals surface area contributed by atoms with Gasteiger partial charge < -0.3 is 14.6 Å². The number of piperidine rings is 1. The fourth-order valence-electron chi connectivity index (χ4n) is 4.92. The van der Waals surface area contributed by atoms with E-state index in [1.165, 1.54) is 25.7 Å². The Kier molecular flexibility index (Phi) is 4.67. The summed E-state index contributed by atoms with van der Waals surface area (Å²) in [5.74, 6) is 2.07. The first-order valence-electron chi connectivity index (χ1n) is 9.78. The molecule has 1 aliphatic carbocycles. The van der Waals surface area contributed by atoms with Crippen LogP contribution in [0.2, 0.25) is 0 Å². The van der Waals surface area contributed by atoms with Crippen molar-refractivity contribution in [3.8, 4) is 0 Å². The molecule has 3 atom stereocenters. The predicted octanol–water partition coefficient (Wildman–Crippen LogP) is 2.68. The highest BCUT2D eigenvalue weighted by Gasteiger charge is 2.38. The molecule has 3 fully saturated rings. The number of nitrogens with one attached hydrogen (secondary N) is 1. The lowest BCUT2D eigenvalue weighted by atomic mass is 9.82. The van der Waals surface area contributed by atoms with Crippen molar-refractivity contribution in [3.05, 3.63) is 33.4 Å². The first kappa shape index (κ1) is 16.8. The van der Waals surface area contributed by atoms with Crippen molar-refractivity contribution in [3.63, 3.8) is 0 Å². The molecule has 1 aromatic heterocycles. The van der Waals surface area contributed by atoms with E-state index in [9.17, 15) is 9.59 Å². The number of amides is 1. The van der Waals surface area contributed by atoms with Crippen LogP contribution in [0.5, 0.6) is 0 Å². The molecule has 0 aromatic carbocycles. The molecule has 4 rings (SSSR count). The van der Waals surface area contributed by atoms with Gasteiger partial charge in [-0.25, -0.2) is 4.79 Å². The number of fused-ring (bicyclic) bond motifs is 1. The zero-order chi connectivity index (χ0) is 17.4. The molecule has 1 amide bonds. The SMILES string of the molecule is Cc1cc(C2CCCNC2)oc(=O)c1C(=O)N1C[C@H]2CCCC[C@H]2C1. The quantitative estimate of drug-likeness (QED) is 0.896. The number of hydrogen-bond donors (Lipinski definition) is 1. The van der Waals surface area contributed by atoms with Crippen LogP contribution in [-0.4, -0.2) is 37.0 Å². The van der Waals surface area contributed by atoms with Gasteiger partial charge in [-0.3, -0.25) is 4.79 Å². The van der Waals surface area contributed by atoms with Gasteiger partial charge in [-0.15, -0.1) is 0 Å². The van der Waals surface area contributed by atoms with E-state index in [1.807, 2.05) is 17.9 Å². The van der Waals surface area contributed by atoms with Gasteiger partial charge in [0.05, 0.1) is 0 Å². The minimum Gasteiger partial charge on any atom is -0.427 e. The molecule has 1 N–H and O–H groups in total. The van der Waals surface area contributed by atoms with Crippen molar-refractivity contribution >= 4 is 5.91 Å². The molecule has 136 valence electrons. The van der Waals surface area contributed by atoms with E-state index in [4.69, 9.17) is 4.42 Å². The molecule has 0 bridgehead atoms. The summed E-state index contributed by atoms with van der Waals surface area (Å²) in [6, 6.07) is 1.91. The maximum absolute atomic E-state index is 13.0. The van der Waals surface area contributed by atoms with Crippen molar-refractivity contribution in [1.29, 1.82) is 0 Å². The molecule has 1 unspecified atom stereocenters. The summed E-state index contributed by atoms with van der Waals surface area (Å²) in [6.45, 7) is 5.33. The molecule has 1 aromatic rings. The molecule has 5 nitrogen and oxygen atoms in total. The fraction of sp³-hybridized carbons (Fsp3) is 0.700. The minimum absolute atomic E-state index is 0.131. The summed E-state index contributed by atoms with van der Waals surface area (Å²) in [6.07, 6.45) is 7.09. The number of rotatable bonds is 2. The van der Waals surface area contributed by atoms with Gasteiger partial charge in [0.1, 0.15) is 11.3 Å². The number of nitrogens with zero attached hydrogens (tertiary/aromatic N) is 1. The second kappa shape index (κ2) is 6.94. The van der Waals surface area contributed by atoms with E-state index in [0.717, 1.165) is 50.3 Å². The maximum atomic E-state index is 13.0. The van der Waals surface area contributed by atoms with Crippen molar-refractivity contribution in [2.75, 3.05) is 26.2 Å². The summed E-state index contributed by atoms with van der Waals surface area (Å²) in [5, 5.41) is 3.35. The normalized spacial score (nSPS) is 29.5. The summed E-state index contributed by atoms with van der Waals surface area (Å²) in [4.78, 5) is 27.4. The second-order valence-corrected chi connectivity index (χ2v) is 8.05. The third-order valence-corrected chi connectivity index (χ3v) is 6.34. The molecule has 25 heavy (non-hydrogen) atoms. The number of carbonyl (C=O) groups excluding carboxylic acids is 1. The van der Waals surface area contributed by atoms with Gasteiger partial charge in [-0.2, -0.15) is 0 Å². The van der Waals surface area contributed by atoms with Crippen molar-refractivity contribution < 1.29 is 9.21 Å². The molecule has 3 heterocycles. The van der Waals surface area contributed by atoms with Gasteiger partial charge in [0.25, 0.3) is 5.91 Å². The van der Waals surface area contributed by atoms with Crippen LogP contribution in [0, 0.1) is 18.8 Å². The van der Waals surface area contributed by atoms with Crippen LogP contribution in [-0.2, 0) is 0 Å². The molecule has 3 aliphatic rings. The van der Waals surface area contributed by atoms with E-state index in [2.05, 4.69) is 5.32 Å².